The van der Waals surface area contributed by atoms with Crippen molar-refractivity contribution < 1.29 is 9.18 Å². The summed E-state index contributed by atoms with van der Waals surface area (Å²) < 4.78 is 15.0. The second-order valence-corrected chi connectivity index (χ2v) is 6.81. The summed E-state index contributed by atoms with van der Waals surface area (Å²) in [6.07, 6.45) is 1.11. The zero-order valence-corrected chi connectivity index (χ0v) is 14.4. The summed E-state index contributed by atoms with van der Waals surface area (Å²) in [7, 11) is 0. The number of Topliss-reactive ketones (excluding diaryl/α,β-unsaturated/α-hetero) is 1. The maximum absolute atomic E-state index is 13.2. The van der Waals surface area contributed by atoms with Gasteiger partial charge in [0.1, 0.15) is 5.82 Å². The van der Waals surface area contributed by atoms with Crippen molar-refractivity contribution >= 4 is 17.4 Å². The summed E-state index contributed by atoms with van der Waals surface area (Å²) in [6.45, 7) is 1.86. The third-order valence-electron chi connectivity index (χ3n) is 4.72. The summed E-state index contributed by atoms with van der Waals surface area (Å²) in [6, 6.07) is 13.8. The number of carbonyl (C=O) groups is 1. The Morgan fingerprint density at radius 3 is 2.44 bits per heavy atom. The third kappa shape index (κ3) is 2.87. The molecule has 0 saturated heterocycles. The average molecular weight is 355 g/mol. The highest BCUT2D eigenvalue weighted by molar-refractivity contribution is 6.30. The number of nitrogens with zero attached hydrogens (tertiary/aromatic N) is 2. The van der Waals surface area contributed by atoms with Crippen LogP contribution in [0.25, 0.3) is 5.69 Å². The van der Waals surface area contributed by atoms with Crippen molar-refractivity contribution in [3.05, 3.63) is 81.9 Å². The molecule has 0 saturated carbocycles. The molecule has 25 heavy (non-hydrogen) atoms. The zero-order chi connectivity index (χ0) is 17.6. The fourth-order valence-electron chi connectivity index (χ4n) is 3.52. The van der Waals surface area contributed by atoms with Crippen LogP contribution in [0.1, 0.15) is 39.6 Å². The molecular weight excluding hydrogens is 339 g/mol. The van der Waals surface area contributed by atoms with E-state index in [9.17, 15) is 9.18 Å². The normalized spacial score (nSPS) is 16.8. The number of halogens is 2. The topological polar surface area (TPSA) is 34.9 Å². The lowest BCUT2D eigenvalue weighted by Gasteiger charge is -2.23. The van der Waals surface area contributed by atoms with Gasteiger partial charge in [0.25, 0.3) is 0 Å². The van der Waals surface area contributed by atoms with Crippen molar-refractivity contribution in [1.82, 2.24) is 9.78 Å². The van der Waals surface area contributed by atoms with E-state index in [1.807, 2.05) is 35.9 Å². The van der Waals surface area contributed by atoms with Gasteiger partial charge in [-0.15, -0.1) is 0 Å². The molecule has 126 valence electrons. The van der Waals surface area contributed by atoms with Crippen molar-refractivity contribution in [2.45, 2.75) is 25.7 Å². The lowest BCUT2D eigenvalue weighted by Crippen LogP contribution is -2.20. The molecule has 1 unspecified atom stereocenters. The van der Waals surface area contributed by atoms with Crippen LogP contribution in [0.5, 0.6) is 0 Å². The van der Waals surface area contributed by atoms with Gasteiger partial charge in [0, 0.05) is 11.4 Å². The molecule has 1 heterocycles. The maximum Gasteiger partial charge on any atom is 0.167 e. The van der Waals surface area contributed by atoms with Crippen LogP contribution < -0.4 is 0 Å². The Morgan fingerprint density at radius 2 is 1.76 bits per heavy atom. The predicted octanol–water partition coefficient (Wildman–Crippen LogP) is 4.89. The minimum absolute atomic E-state index is 0.0303. The Hall–Kier alpha value is -2.46. The van der Waals surface area contributed by atoms with Gasteiger partial charge in [-0.3, -0.25) is 4.79 Å². The number of hydrogen-bond acceptors (Lipinski definition) is 2. The van der Waals surface area contributed by atoms with Gasteiger partial charge in [-0.2, -0.15) is 5.10 Å². The van der Waals surface area contributed by atoms with E-state index < -0.39 is 0 Å². The lowest BCUT2D eigenvalue weighted by molar-refractivity contribution is 0.0963. The SMILES string of the molecule is Cc1nn(-c2ccc(Cl)cc2)c2c1C(=O)CC(c1ccc(F)cc1)C2. The first-order chi connectivity index (χ1) is 12.0. The Morgan fingerprint density at radius 1 is 1.08 bits per heavy atom. The van der Waals surface area contributed by atoms with E-state index in [0.717, 1.165) is 22.6 Å². The molecule has 1 aliphatic carbocycles. The Labute approximate surface area is 150 Å². The molecule has 3 aromatic rings. The van der Waals surface area contributed by atoms with Gasteiger partial charge in [-0.1, -0.05) is 23.7 Å². The first-order valence-corrected chi connectivity index (χ1v) is 8.54. The van der Waals surface area contributed by atoms with Crippen LogP contribution in [0.3, 0.4) is 0 Å². The van der Waals surface area contributed by atoms with E-state index in [-0.39, 0.29) is 17.5 Å². The van der Waals surface area contributed by atoms with E-state index >= 15 is 0 Å². The summed E-state index contributed by atoms with van der Waals surface area (Å²) in [5.74, 6) is -0.148. The highest BCUT2D eigenvalue weighted by Crippen LogP contribution is 2.35. The van der Waals surface area contributed by atoms with Gasteiger partial charge in [0.05, 0.1) is 22.6 Å². The molecule has 0 radical (unpaired) electrons. The monoisotopic (exact) mass is 354 g/mol. The molecule has 0 spiro atoms. The molecule has 1 aromatic heterocycles. The molecule has 5 heteroatoms. The van der Waals surface area contributed by atoms with E-state index in [2.05, 4.69) is 5.10 Å². The van der Waals surface area contributed by atoms with Crippen LogP contribution in [-0.2, 0) is 6.42 Å². The number of ketones is 1. The van der Waals surface area contributed by atoms with E-state index in [4.69, 9.17) is 11.6 Å². The summed E-state index contributed by atoms with van der Waals surface area (Å²) in [5.41, 5.74) is 4.22. The van der Waals surface area contributed by atoms with Gasteiger partial charge >= 0.3 is 0 Å². The summed E-state index contributed by atoms with van der Waals surface area (Å²) in [4.78, 5) is 12.7. The molecule has 0 aliphatic heterocycles. The lowest BCUT2D eigenvalue weighted by atomic mass is 9.81. The van der Waals surface area contributed by atoms with E-state index in [0.29, 0.717) is 23.4 Å². The molecular formula is C20H16ClFN2O. The van der Waals surface area contributed by atoms with Gasteiger partial charge in [-0.05, 0) is 61.2 Å². The molecule has 0 fully saturated rings. The second-order valence-electron chi connectivity index (χ2n) is 6.38. The highest BCUT2D eigenvalue weighted by Gasteiger charge is 2.32. The molecule has 3 nitrogen and oxygen atoms in total. The smallest absolute Gasteiger partial charge is 0.167 e. The minimum atomic E-state index is -0.270. The fraction of sp³-hybridized carbons (Fsp3) is 0.200. The van der Waals surface area contributed by atoms with Crippen molar-refractivity contribution in [1.29, 1.82) is 0 Å². The quantitative estimate of drug-likeness (QED) is 0.657. The Balaban J connectivity index is 1.78. The molecule has 0 bridgehead atoms. The first kappa shape index (κ1) is 16.0. The summed E-state index contributed by atoms with van der Waals surface area (Å²) >= 11 is 5.97. The predicted molar refractivity (Wildman–Crippen MR) is 95.1 cm³/mol. The van der Waals surface area contributed by atoms with E-state index in [1.54, 1.807) is 12.1 Å². The maximum atomic E-state index is 13.2. The highest BCUT2D eigenvalue weighted by atomic mass is 35.5. The van der Waals surface area contributed by atoms with Crippen molar-refractivity contribution in [3.63, 3.8) is 0 Å². The van der Waals surface area contributed by atoms with Gasteiger partial charge < -0.3 is 0 Å². The van der Waals surface area contributed by atoms with Crippen LogP contribution in [0.15, 0.2) is 48.5 Å². The molecule has 0 amide bonds. The number of hydrogen-bond donors (Lipinski definition) is 0. The van der Waals surface area contributed by atoms with Gasteiger partial charge in [-0.25, -0.2) is 9.07 Å². The van der Waals surface area contributed by atoms with E-state index in [1.165, 1.54) is 12.1 Å². The van der Waals surface area contributed by atoms with Crippen LogP contribution in [0, 0.1) is 12.7 Å². The van der Waals surface area contributed by atoms with Crippen molar-refractivity contribution in [2.75, 3.05) is 0 Å². The molecule has 0 N–H and O–H groups in total. The molecule has 4 rings (SSSR count). The molecule has 1 atom stereocenters. The summed E-state index contributed by atoms with van der Waals surface area (Å²) in [5, 5.41) is 5.23. The Kier molecular flexibility index (Phi) is 3.92. The largest absolute Gasteiger partial charge is 0.294 e. The standard InChI is InChI=1S/C20H16ClFN2O/c1-12-20-18(24(23-12)17-8-4-15(21)5-9-17)10-14(11-19(20)25)13-2-6-16(22)7-3-13/h2-9,14H,10-11H2,1H3. The number of aromatic nitrogens is 2. The van der Waals surface area contributed by atoms with Crippen LogP contribution in [0.2, 0.25) is 5.02 Å². The molecule has 2 aromatic carbocycles. The number of carbonyl (C=O) groups excluding carboxylic acids is 1. The third-order valence-corrected chi connectivity index (χ3v) is 4.97. The van der Waals surface area contributed by atoms with Crippen LogP contribution in [-0.4, -0.2) is 15.6 Å². The van der Waals surface area contributed by atoms with Gasteiger partial charge in [0.15, 0.2) is 5.78 Å². The molecule has 1 aliphatic rings. The number of aryl methyl sites for hydroxylation is 1. The number of rotatable bonds is 2. The van der Waals surface area contributed by atoms with Crippen LogP contribution in [0.4, 0.5) is 4.39 Å². The van der Waals surface area contributed by atoms with Gasteiger partial charge in [0.2, 0.25) is 0 Å². The van der Waals surface area contributed by atoms with Crippen molar-refractivity contribution in [2.24, 2.45) is 0 Å². The van der Waals surface area contributed by atoms with Crippen molar-refractivity contribution in [3.8, 4) is 5.69 Å². The second kappa shape index (κ2) is 6.12. The first-order valence-electron chi connectivity index (χ1n) is 8.16. The fourth-order valence-corrected chi connectivity index (χ4v) is 3.65. The average Bonchev–Trinajstić information content (AvgIpc) is 2.93. The zero-order valence-electron chi connectivity index (χ0n) is 13.7. The number of benzene rings is 2. The number of fused-ring (bicyclic) bond motifs is 1. The minimum Gasteiger partial charge on any atom is -0.294 e. The van der Waals surface area contributed by atoms with Crippen LogP contribution >= 0.6 is 11.6 Å². The Bertz CT molecular complexity index is 945.